The molecular weight excluding hydrogens is 385 g/mol. The van der Waals surface area contributed by atoms with Crippen molar-refractivity contribution >= 4 is 17.6 Å². The number of carbonyl (C=O) groups is 1. The Morgan fingerprint density at radius 1 is 1.37 bits per heavy atom. The summed E-state index contributed by atoms with van der Waals surface area (Å²) in [6.45, 7) is 1.79. The van der Waals surface area contributed by atoms with Crippen LogP contribution >= 0.6 is 0 Å². The fraction of sp³-hybridized carbons (Fsp3) is 0.238. The Balaban J connectivity index is 1.61. The van der Waals surface area contributed by atoms with Crippen molar-refractivity contribution in [2.24, 2.45) is 5.84 Å². The molecule has 1 saturated carbocycles. The monoisotopic (exact) mass is 407 g/mol. The molecule has 1 amide bonds. The predicted molar refractivity (Wildman–Crippen MR) is 111 cm³/mol. The molecule has 154 valence electrons. The molecule has 9 heteroatoms. The number of hydrogen-bond acceptors (Lipinski definition) is 5. The van der Waals surface area contributed by atoms with E-state index in [1.54, 1.807) is 31.5 Å². The SMILES string of the molecule is Cc1cc(F)c(C(=O)Nc2cccc(C(=N)N(C)N)n2)cc1-n1cnc(C2CC2)c1. The van der Waals surface area contributed by atoms with Crippen LogP contribution in [0.2, 0.25) is 0 Å². The van der Waals surface area contributed by atoms with E-state index in [4.69, 9.17) is 11.3 Å². The Labute approximate surface area is 173 Å². The molecule has 0 bridgehead atoms. The Bertz CT molecular complexity index is 1130. The molecule has 2 heterocycles. The van der Waals surface area contributed by atoms with Crippen molar-refractivity contribution in [3.8, 4) is 5.69 Å². The second kappa shape index (κ2) is 7.68. The summed E-state index contributed by atoms with van der Waals surface area (Å²) in [6.07, 6.45) is 5.89. The average molecular weight is 407 g/mol. The quantitative estimate of drug-likeness (QED) is 0.260. The van der Waals surface area contributed by atoms with Gasteiger partial charge >= 0.3 is 0 Å². The zero-order valence-corrected chi connectivity index (χ0v) is 16.7. The third-order valence-corrected chi connectivity index (χ3v) is 4.99. The molecule has 2 aromatic heterocycles. The number of nitrogens with zero attached hydrogens (tertiary/aromatic N) is 4. The number of pyridine rings is 1. The molecule has 4 rings (SSSR count). The van der Waals surface area contributed by atoms with Crippen LogP contribution in [0.1, 0.15) is 46.1 Å². The van der Waals surface area contributed by atoms with Crippen molar-refractivity contribution in [2.75, 3.05) is 12.4 Å². The molecule has 0 aliphatic heterocycles. The van der Waals surface area contributed by atoms with E-state index in [2.05, 4.69) is 15.3 Å². The van der Waals surface area contributed by atoms with Crippen LogP contribution in [0.25, 0.3) is 5.69 Å². The summed E-state index contributed by atoms with van der Waals surface area (Å²) in [5.74, 6) is 5.00. The molecule has 0 atom stereocenters. The lowest BCUT2D eigenvalue weighted by molar-refractivity contribution is 0.102. The zero-order valence-electron chi connectivity index (χ0n) is 16.7. The Morgan fingerprint density at radius 3 is 2.83 bits per heavy atom. The van der Waals surface area contributed by atoms with Crippen LogP contribution < -0.4 is 11.2 Å². The van der Waals surface area contributed by atoms with Crippen LogP contribution in [0.5, 0.6) is 0 Å². The van der Waals surface area contributed by atoms with E-state index in [1.165, 1.54) is 19.2 Å². The van der Waals surface area contributed by atoms with Gasteiger partial charge in [0.2, 0.25) is 0 Å². The maximum atomic E-state index is 14.6. The van der Waals surface area contributed by atoms with E-state index in [0.29, 0.717) is 17.2 Å². The van der Waals surface area contributed by atoms with Crippen molar-refractivity contribution in [1.82, 2.24) is 19.5 Å². The van der Waals surface area contributed by atoms with Gasteiger partial charge in [-0.15, -0.1) is 0 Å². The summed E-state index contributed by atoms with van der Waals surface area (Å²) >= 11 is 0. The Morgan fingerprint density at radius 2 is 2.13 bits per heavy atom. The molecule has 1 aromatic carbocycles. The minimum Gasteiger partial charge on any atom is -0.306 e. The van der Waals surface area contributed by atoms with Gasteiger partial charge in [0.25, 0.3) is 5.91 Å². The molecular formula is C21H22FN7O. The molecule has 1 aliphatic carbocycles. The molecule has 4 N–H and O–H groups in total. The van der Waals surface area contributed by atoms with Gasteiger partial charge in [0.1, 0.15) is 17.3 Å². The van der Waals surface area contributed by atoms with Gasteiger partial charge in [0.15, 0.2) is 5.84 Å². The van der Waals surface area contributed by atoms with Gasteiger partial charge in [0, 0.05) is 19.2 Å². The highest BCUT2D eigenvalue weighted by atomic mass is 19.1. The number of aryl methyl sites for hydroxylation is 1. The first kappa shape index (κ1) is 19.7. The smallest absolute Gasteiger partial charge is 0.259 e. The number of hydrazine groups is 1. The molecule has 0 saturated heterocycles. The minimum absolute atomic E-state index is 0.0125. The summed E-state index contributed by atoms with van der Waals surface area (Å²) in [7, 11) is 1.52. The van der Waals surface area contributed by atoms with E-state index in [0.717, 1.165) is 23.5 Å². The number of amides is 1. The number of nitrogens with two attached hydrogens (primary N) is 1. The molecule has 0 unspecified atom stereocenters. The fourth-order valence-corrected chi connectivity index (χ4v) is 3.17. The lowest BCUT2D eigenvalue weighted by Crippen LogP contribution is -2.33. The molecule has 1 aliphatic rings. The highest BCUT2D eigenvalue weighted by molar-refractivity contribution is 6.04. The maximum Gasteiger partial charge on any atom is 0.259 e. The maximum absolute atomic E-state index is 14.6. The zero-order chi connectivity index (χ0) is 21.4. The highest BCUT2D eigenvalue weighted by Gasteiger charge is 2.26. The van der Waals surface area contributed by atoms with Gasteiger partial charge in [-0.25, -0.2) is 20.2 Å². The standard InChI is InChI=1S/C21H22FN7O/c1-12-8-15(22)14(9-18(12)29-10-17(25-11-29)13-6-7-13)21(30)27-19-5-3-4-16(26-19)20(23)28(2)24/h3-5,8-11,13,23H,6-7,24H2,1-2H3,(H,26,27,30). The number of halogens is 1. The molecule has 30 heavy (non-hydrogen) atoms. The summed E-state index contributed by atoms with van der Waals surface area (Å²) in [5.41, 5.74) is 2.58. The van der Waals surface area contributed by atoms with Crippen molar-refractivity contribution in [3.05, 3.63) is 71.2 Å². The van der Waals surface area contributed by atoms with Crippen molar-refractivity contribution < 1.29 is 9.18 Å². The number of rotatable bonds is 5. The summed E-state index contributed by atoms with van der Waals surface area (Å²) in [5, 5.41) is 11.6. The van der Waals surface area contributed by atoms with Crippen molar-refractivity contribution in [2.45, 2.75) is 25.7 Å². The Kier molecular flexibility index (Phi) is 5.04. The van der Waals surface area contributed by atoms with Crippen molar-refractivity contribution in [3.63, 3.8) is 0 Å². The van der Waals surface area contributed by atoms with E-state index >= 15 is 0 Å². The lowest BCUT2D eigenvalue weighted by atomic mass is 10.1. The highest BCUT2D eigenvalue weighted by Crippen LogP contribution is 2.39. The summed E-state index contributed by atoms with van der Waals surface area (Å²) in [6, 6.07) is 7.65. The van der Waals surface area contributed by atoms with E-state index < -0.39 is 11.7 Å². The van der Waals surface area contributed by atoms with Crippen LogP contribution in [0.3, 0.4) is 0 Å². The molecule has 3 aromatic rings. The van der Waals surface area contributed by atoms with Crippen LogP contribution in [0.4, 0.5) is 10.2 Å². The average Bonchev–Trinajstić information content (AvgIpc) is 3.45. The van der Waals surface area contributed by atoms with Gasteiger partial charge in [-0.05, 0) is 49.6 Å². The van der Waals surface area contributed by atoms with Crippen LogP contribution in [0, 0.1) is 18.2 Å². The number of nitrogens with one attached hydrogen (secondary N) is 2. The number of aromatic nitrogens is 3. The van der Waals surface area contributed by atoms with Gasteiger partial charge < -0.3 is 9.88 Å². The molecule has 8 nitrogen and oxygen atoms in total. The second-order valence-corrected chi connectivity index (χ2v) is 7.42. The number of imidazole rings is 1. The largest absolute Gasteiger partial charge is 0.306 e. The van der Waals surface area contributed by atoms with Gasteiger partial charge in [-0.1, -0.05) is 6.07 Å². The normalized spacial score (nSPS) is 13.2. The molecule has 0 radical (unpaired) electrons. The van der Waals surface area contributed by atoms with Crippen molar-refractivity contribution in [1.29, 1.82) is 5.41 Å². The minimum atomic E-state index is -0.631. The number of benzene rings is 1. The topological polar surface area (TPSA) is 113 Å². The first-order valence-corrected chi connectivity index (χ1v) is 9.53. The van der Waals surface area contributed by atoms with Crippen LogP contribution in [-0.4, -0.2) is 38.3 Å². The molecule has 1 fully saturated rings. The van der Waals surface area contributed by atoms with E-state index in [1.807, 2.05) is 10.8 Å². The third kappa shape index (κ3) is 3.92. The molecule has 0 spiro atoms. The van der Waals surface area contributed by atoms with E-state index in [9.17, 15) is 9.18 Å². The van der Waals surface area contributed by atoms with Gasteiger partial charge in [-0.2, -0.15) is 0 Å². The summed E-state index contributed by atoms with van der Waals surface area (Å²) < 4.78 is 16.4. The number of amidine groups is 1. The van der Waals surface area contributed by atoms with Gasteiger partial charge in [-0.3, -0.25) is 15.2 Å². The lowest BCUT2D eigenvalue weighted by Gasteiger charge is -2.14. The fourth-order valence-electron chi connectivity index (χ4n) is 3.17. The van der Waals surface area contributed by atoms with Crippen LogP contribution in [0.15, 0.2) is 42.9 Å². The van der Waals surface area contributed by atoms with Gasteiger partial charge in [0.05, 0.1) is 23.3 Å². The Hall–Kier alpha value is -3.59. The first-order chi connectivity index (χ1) is 14.3. The summed E-state index contributed by atoms with van der Waals surface area (Å²) in [4.78, 5) is 21.4. The second-order valence-electron chi connectivity index (χ2n) is 7.42. The predicted octanol–water partition coefficient (Wildman–Crippen LogP) is 2.98. The number of carbonyl (C=O) groups excluding carboxylic acids is 1. The van der Waals surface area contributed by atoms with Crippen LogP contribution in [-0.2, 0) is 0 Å². The third-order valence-electron chi connectivity index (χ3n) is 4.99. The number of hydrogen-bond donors (Lipinski definition) is 3. The first-order valence-electron chi connectivity index (χ1n) is 9.53. The van der Waals surface area contributed by atoms with E-state index in [-0.39, 0.29) is 22.9 Å². The number of anilines is 1.